The van der Waals surface area contributed by atoms with Crippen LogP contribution in [0, 0.1) is 0 Å². The molecule has 2 atom stereocenters. The molecule has 118 valence electrons. The zero-order valence-electron chi connectivity index (χ0n) is 13.9. The third-order valence-corrected chi connectivity index (χ3v) is 5.27. The van der Waals surface area contributed by atoms with Crippen molar-refractivity contribution >= 4 is 0 Å². The topological polar surface area (TPSA) is 18.5 Å². The van der Waals surface area contributed by atoms with Gasteiger partial charge in [-0.2, -0.15) is 0 Å². The van der Waals surface area contributed by atoms with Gasteiger partial charge in [-0.25, -0.2) is 0 Å². The molecule has 1 N–H and O–H groups in total. The second kappa shape index (κ2) is 8.35. The van der Waals surface area contributed by atoms with Gasteiger partial charge in [0, 0.05) is 24.7 Å². The molecular formula is C17H35N3. The molecule has 2 rings (SSSR count). The number of hydrogen-bond acceptors (Lipinski definition) is 3. The maximum absolute atomic E-state index is 3.70. The average molecular weight is 281 g/mol. The molecule has 0 spiro atoms. The van der Waals surface area contributed by atoms with Crippen LogP contribution in [0.25, 0.3) is 0 Å². The van der Waals surface area contributed by atoms with Crippen LogP contribution in [0.3, 0.4) is 0 Å². The highest BCUT2D eigenvalue weighted by Gasteiger charge is 2.22. The molecule has 0 aromatic heterocycles. The summed E-state index contributed by atoms with van der Waals surface area (Å²) < 4.78 is 0. The van der Waals surface area contributed by atoms with Crippen LogP contribution in [0.4, 0.5) is 0 Å². The predicted octanol–water partition coefficient (Wildman–Crippen LogP) is 2.71. The molecule has 0 aliphatic carbocycles. The molecule has 2 aliphatic heterocycles. The molecule has 2 fully saturated rings. The number of nitrogens with zero attached hydrogens (tertiary/aromatic N) is 2. The van der Waals surface area contributed by atoms with Gasteiger partial charge in [-0.15, -0.1) is 0 Å². The van der Waals surface area contributed by atoms with Crippen molar-refractivity contribution in [1.82, 2.24) is 15.1 Å². The van der Waals surface area contributed by atoms with Crippen molar-refractivity contribution in [3.63, 3.8) is 0 Å². The maximum Gasteiger partial charge on any atom is 0.0195 e. The summed E-state index contributed by atoms with van der Waals surface area (Å²) in [5.74, 6) is 0. The lowest BCUT2D eigenvalue weighted by Crippen LogP contribution is -2.47. The van der Waals surface area contributed by atoms with E-state index in [1.807, 2.05) is 0 Å². The van der Waals surface area contributed by atoms with Crippen molar-refractivity contribution in [3.05, 3.63) is 0 Å². The van der Waals surface area contributed by atoms with E-state index in [0.717, 1.165) is 12.1 Å². The van der Waals surface area contributed by atoms with Gasteiger partial charge in [0.15, 0.2) is 0 Å². The fraction of sp³-hybridized carbons (Fsp3) is 1.00. The van der Waals surface area contributed by atoms with Crippen LogP contribution in [0.5, 0.6) is 0 Å². The zero-order chi connectivity index (χ0) is 14.4. The van der Waals surface area contributed by atoms with Gasteiger partial charge in [-0.3, -0.25) is 4.90 Å². The molecule has 2 aliphatic rings. The number of piperidine rings is 2. The van der Waals surface area contributed by atoms with Gasteiger partial charge in [0.2, 0.25) is 0 Å². The van der Waals surface area contributed by atoms with E-state index >= 15 is 0 Å². The van der Waals surface area contributed by atoms with E-state index in [2.05, 4.69) is 36.0 Å². The highest BCUT2D eigenvalue weighted by Crippen LogP contribution is 2.19. The average Bonchev–Trinajstić information content (AvgIpc) is 2.46. The fourth-order valence-electron chi connectivity index (χ4n) is 3.75. The van der Waals surface area contributed by atoms with E-state index in [1.54, 1.807) is 0 Å². The van der Waals surface area contributed by atoms with Crippen LogP contribution in [0.15, 0.2) is 0 Å². The third kappa shape index (κ3) is 5.01. The summed E-state index contributed by atoms with van der Waals surface area (Å²) in [7, 11) is 2.31. The monoisotopic (exact) mass is 281 g/mol. The molecule has 20 heavy (non-hydrogen) atoms. The Morgan fingerprint density at radius 3 is 2.60 bits per heavy atom. The first kappa shape index (κ1) is 16.3. The van der Waals surface area contributed by atoms with E-state index in [0.29, 0.717) is 6.04 Å². The summed E-state index contributed by atoms with van der Waals surface area (Å²) in [5, 5.41) is 3.70. The molecule has 2 unspecified atom stereocenters. The molecule has 0 aromatic rings. The maximum atomic E-state index is 3.70. The second-order valence-electron chi connectivity index (χ2n) is 7.15. The highest BCUT2D eigenvalue weighted by molar-refractivity contribution is 4.80. The summed E-state index contributed by atoms with van der Waals surface area (Å²) in [4.78, 5) is 5.28. The van der Waals surface area contributed by atoms with Crippen LogP contribution in [0.1, 0.15) is 58.8 Å². The first-order chi connectivity index (χ1) is 9.66. The molecule has 0 saturated carbocycles. The minimum Gasteiger partial charge on any atom is -0.313 e. The van der Waals surface area contributed by atoms with Gasteiger partial charge in [-0.1, -0.05) is 12.8 Å². The van der Waals surface area contributed by atoms with Crippen molar-refractivity contribution in [2.45, 2.75) is 76.9 Å². The number of likely N-dealkylation sites (tertiary alicyclic amines) is 1. The quantitative estimate of drug-likeness (QED) is 0.807. The first-order valence-electron chi connectivity index (χ1n) is 8.84. The Balaban J connectivity index is 1.76. The molecule has 3 heteroatoms. The number of hydrogen-bond donors (Lipinski definition) is 1. The summed E-state index contributed by atoms with van der Waals surface area (Å²) in [6.07, 6.45) is 9.73. The molecule has 2 heterocycles. The summed E-state index contributed by atoms with van der Waals surface area (Å²) >= 11 is 0. The Hall–Kier alpha value is -0.120. The predicted molar refractivity (Wildman–Crippen MR) is 87.2 cm³/mol. The molecule has 2 saturated heterocycles. The zero-order valence-corrected chi connectivity index (χ0v) is 13.9. The number of nitrogens with one attached hydrogen (secondary N) is 1. The minimum absolute atomic E-state index is 0.674. The number of rotatable bonds is 6. The van der Waals surface area contributed by atoms with Crippen LogP contribution < -0.4 is 5.32 Å². The van der Waals surface area contributed by atoms with Gasteiger partial charge in [-0.05, 0) is 72.6 Å². The Labute approximate surface area is 126 Å². The van der Waals surface area contributed by atoms with Crippen LogP contribution >= 0.6 is 0 Å². The van der Waals surface area contributed by atoms with E-state index in [1.165, 1.54) is 71.1 Å². The van der Waals surface area contributed by atoms with E-state index in [-0.39, 0.29) is 0 Å². The van der Waals surface area contributed by atoms with Crippen molar-refractivity contribution < 1.29 is 0 Å². The molecule has 0 aromatic carbocycles. The van der Waals surface area contributed by atoms with Gasteiger partial charge in [0.25, 0.3) is 0 Å². The first-order valence-corrected chi connectivity index (χ1v) is 8.84. The van der Waals surface area contributed by atoms with Crippen LogP contribution in [-0.4, -0.2) is 61.2 Å². The highest BCUT2D eigenvalue weighted by atomic mass is 15.2. The second-order valence-corrected chi connectivity index (χ2v) is 7.15. The third-order valence-electron chi connectivity index (χ3n) is 5.27. The lowest BCUT2D eigenvalue weighted by Gasteiger charge is -2.37. The Morgan fingerprint density at radius 2 is 1.95 bits per heavy atom. The van der Waals surface area contributed by atoms with E-state index < -0.39 is 0 Å². The van der Waals surface area contributed by atoms with Crippen LogP contribution in [0.2, 0.25) is 0 Å². The van der Waals surface area contributed by atoms with Gasteiger partial charge >= 0.3 is 0 Å². The molecule has 0 amide bonds. The summed E-state index contributed by atoms with van der Waals surface area (Å²) in [5.41, 5.74) is 0. The van der Waals surface area contributed by atoms with Gasteiger partial charge < -0.3 is 10.2 Å². The van der Waals surface area contributed by atoms with Crippen molar-refractivity contribution in [3.8, 4) is 0 Å². The molecule has 0 radical (unpaired) electrons. The Morgan fingerprint density at radius 1 is 1.15 bits per heavy atom. The molecular weight excluding hydrogens is 246 g/mol. The minimum atomic E-state index is 0.674. The molecule has 0 bridgehead atoms. The van der Waals surface area contributed by atoms with Crippen molar-refractivity contribution in [2.24, 2.45) is 0 Å². The summed E-state index contributed by atoms with van der Waals surface area (Å²) in [6.45, 7) is 9.75. The summed E-state index contributed by atoms with van der Waals surface area (Å²) in [6, 6.07) is 2.23. The normalized spacial score (nSPS) is 29.2. The van der Waals surface area contributed by atoms with Crippen molar-refractivity contribution in [1.29, 1.82) is 0 Å². The van der Waals surface area contributed by atoms with Crippen LogP contribution in [-0.2, 0) is 0 Å². The lowest BCUT2D eigenvalue weighted by molar-refractivity contribution is 0.132. The van der Waals surface area contributed by atoms with Gasteiger partial charge in [0.05, 0.1) is 0 Å². The SMILES string of the molecule is CC(C)N(CCC1CCCCN1C)CC1CCCCN1. The van der Waals surface area contributed by atoms with Crippen molar-refractivity contribution in [2.75, 3.05) is 33.2 Å². The largest absolute Gasteiger partial charge is 0.313 e. The van der Waals surface area contributed by atoms with E-state index in [9.17, 15) is 0 Å². The Bertz CT molecular complexity index is 261. The smallest absolute Gasteiger partial charge is 0.0195 e. The fourth-order valence-corrected chi connectivity index (χ4v) is 3.75. The molecule has 3 nitrogen and oxygen atoms in total. The van der Waals surface area contributed by atoms with E-state index in [4.69, 9.17) is 0 Å². The Kier molecular flexibility index (Phi) is 6.79. The van der Waals surface area contributed by atoms with Gasteiger partial charge in [0.1, 0.15) is 0 Å². The lowest BCUT2D eigenvalue weighted by atomic mass is 9.99. The standard InChI is InChI=1S/C17H35N3/c1-15(2)20(14-16-8-4-6-11-18-16)13-10-17-9-5-7-12-19(17)3/h15-18H,4-14H2,1-3H3.